The number of allylic oxidation sites excluding steroid dienone is 1. The third-order valence-corrected chi connectivity index (χ3v) is 10.2. The van der Waals surface area contributed by atoms with E-state index in [9.17, 15) is 53.4 Å². The number of anilines is 1. The standard InChI is InChI=1S/C21H30N7O17P3/c22-17-12-19(25-7-24-17)28(8-26-12)21-16(44-46(33,34)35)14(30)11(43-21)6-41-48(38,39)45-47(36,37)40-5-10-13(29)15(31)20(42-10)27-3-1-2-9(4-27)18(23)32/h1,3-4,7-8,10-11,13-16,20-21,29-31H,2,5-6H2,(H2,23,32)(H,36,37)(H,38,39)(H2,22,24,25)(H2,33,34,35)/t10-,11-,13?,14-,15?,16-,20?,21-/m1/s1. The van der Waals surface area contributed by atoms with Gasteiger partial charge in [-0.05, 0) is 6.42 Å². The Bertz CT molecular complexity index is 1740. The predicted molar refractivity (Wildman–Crippen MR) is 153 cm³/mol. The Kier molecular flexibility index (Phi) is 10.6. The first-order chi connectivity index (χ1) is 22.4. The summed E-state index contributed by atoms with van der Waals surface area (Å²) in [5, 5.41) is 31.5. The molecule has 0 radical (unpaired) electrons. The first-order valence-corrected chi connectivity index (χ1v) is 18.0. The summed E-state index contributed by atoms with van der Waals surface area (Å²) in [7, 11) is -16.3. The summed E-state index contributed by atoms with van der Waals surface area (Å²) in [5.74, 6) is -0.791. The molecule has 3 aliphatic rings. The van der Waals surface area contributed by atoms with Crippen molar-refractivity contribution >= 4 is 46.4 Å². The highest BCUT2D eigenvalue weighted by molar-refractivity contribution is 7.61. The lowest BCUT2D eigenvalue weighted by Crippen LogP contribution is -2.40. The van der Waals surface area contributed by atoms with E-state index in [1.54, 1.807) is 0 Å². The fourth-order valence-electron chi connectivity index (χ4n) is 4.93. The summed E-state index contributed by atoms with van der Waals surface area (Å²) in [5.41, 5.74) is 11.3. The van der Waals surface area contributed by atoms with E-state index in [2.05, 4.69) is 23.8 Å². The number of hydrogen-bond acceptors (Lipinski definition) is 18. The van der Waals surface area contributed by atoms with E-state index in [-0.39, 0.29) is 29.0 Å². The zero-order chi connectivity index (χ0) is 35.2. The van der Waals surface area contributed by atoms with Crippen molar-refractivity contribution in [1.29, 1.82) is 0 Å². The van der Waals surface area contributed by atoms with Gasteiger partial charge in [0.25, 0.3) is 0 Å². The number of hydrogen-bond donors (Lipinski definition) is 9. The van der Waals surface area contributed by atoms with E-state index in [4.69, 9.17) is 30.0 Å². The molecule has 24 nitrogen and oxygen atoms in total. The molecule has 0 aliphatic carbocycles. The van der Waals surface area contributed by atoms with Crippen molar-refractivity contribution < 1.29 is 80.7 Å². The van der Waals surface area contributed by atoms with Crippen molar-refractivity contribution in [2.75, 3.05) is 18.9 Å². The molecule has 2 aromatic rings. The maximum absolute atomic E-state index is 12.6. The van der Waals surface area contributed by atoms with Crippen LogP contribution >= 0.6 is 23.5 Å². The highest BCUT2D eigenvalue weighted by Crippen LogP contribution is 2.61. The quantitative estimate of drug-likeness (QED) is 0.0951. The highest BCUT2D eigenvalue weighted by Gasteiger charge is 2.51. The van der Waals surface area contributed by atoms with E-state index in [0.717, 1.165) is 17.2 Å². The Morgan fingerprint density at radius 1 is 0.938 bits per heavy atom. The molecule has 0 spiro atoms. The van der Waals surface area contributed by atoms with Gasteiger partial charge in [-0.25, -0.2) is 28.6 Å². The molecule has 48 heavy (non-hydrogen) atoms. The number of phosphoric ester groups is 3. The Morgan fingerprint density at radius 3 is 2.19 bits per heavy atom. The molecule has 2 saturated heterocycles. The normalized spacial score (nSPS) is 31.9. The van der Waals surface area contributed by atoms with Crippen molar-refractivity contribution in [2.45, 2.75) is 55.5 Å². The van der Waals surface area contributed by atoms with E-state index < -0.39 is 91.7 Å². The molecule has 11 N–H and O–H groups in total. The average molecular weight is 745 g/mol. The van der Waals surface area contributed by atoms with Crippen LogP contribution in [0.3, 0.4) is 0 Å². The number of aromatic nitrogens is 4. The number of imidazole rings is 1. The van der Waals surface area contributed by atoms with E-state index in [0.29, 0.717) is 0 Å². The number of nitrogens with two attached hydrogens (primary N) is 2. The topological polar surface area (TPSA) is 364 Å². The summed E-state index contributed by atoms with van der Waals surface area (Å²) in [6, 6.07) is 0. The van der Waals surface area contributed by atoms with Crippen molar-refractivity contribution in [3.63, 3.8) is 0 Å². The second-order valence-corrected chi connectivity index (χ2v) is 14.6. The number of carbonyl (C=O) groups is 1. The second-order valence-electron chi connectivity index (χ2n) is 10.4. The summed E-state index contributed by atoms with van der Waals surface area (Å²) < 4.78 is 67.2. The number of rotatable bonds is 13. The highest BCUT2D eigenvalue weighted by atomic mass is 31.3. The lowest BCUT2D eigenvalue weighted by Gasteiger charge is -2.28. The number of fused-ring (bicyclic) bond motifs is 1. The zero-order valence-corrected chi connectivity index (χ0v) is 26.8. The van der Waals surface area contributed by atoms with Crippen LogP contribution in [0.15, 0.2) is 36.7 Å². The van der Waals surface area contributed by atoms with E-state index in [1.807, 2.05) is 0 Å². The number of amides is 1. The van der Waals surface area contributed by atoms with Crippen LogP contribution < -0.4 is 11.5 Å². The van der Waals surface area contributed by atoms with Gasteiger partial charge in [0.1, 0.15) is 48.5 Å². The Hall–Kier alpha value is -2.73. The minimum absolute atomic E-state index is 0.00424. The van der Waals surface area contributed by atoms with Gasteiger partial charge in [-0.15, -0.1) is 0 Å². The summed E-state index contributed by atoms with van der Waals surface area (Å²) in [6.07, 6.45) is -6.47. The van der Waals surface area contributed by atoms with Crippen molar-refractivity contribution in [1.82, 2.24) is 24.4 Å². The van der Waals surface area contributed by atoms with E-state index in [1.165, 1.54) is 23.4 Å². The van der Waals surface area contributed by atoms with Gasteiger partial charge in [-0.1, -0.05) is 6.08 Å². The van der Waals surface area contributed by atoms with Gasteiger partial charge >= 0.3 is 23.5 Å². The molecular formula is C21H30N7O17P3. The lowest BCUT2D eigenvalue weighted by atomic mass is 10.1. The molecule has 27 heteroatoms. The van der Waals surface area contributed by atoms with Crippen LogP contribution in [0, 0.1) is 0 Å². The van der Waals surface area contributed by atoms with Crippen LogP contribution in [0.2, 0.25) is 0 Å². The number of primary amides is 1. The van der Waals surface area contributed by atoms with Crippen LogP contribution in [0.1, 0.15) is 12.6 Å². The molecule has 2 fully saturated rings. The fourth-order valence-corrected chi connectivity index (χ4v) is 7.57. The van der Waals surface area contributed by atoms with Crippen LogP contribution in [-0.4, -0.2) is 121 Å². The summed E-state index contributed by atoms with van der Waals surface area (Å²) >= 11 is 0. The number of ether oxygens (including phenoxy) is 2. The third kappa shape index (κ3) is 8.17. The van der Waals surface area contributed by atoms with Gasteiger partial charge in [0.2, 0.25) is 5.91 Å². The summed E-state index contributed by atoms with van der Waals surface area (Å²) in [6.45, 7) is -2.02. The Balaban J connectivity index is 1.20. The van der Waals surface area contributed by atoms with Crippen molar-refractivity contribution in [2.24, 2.45) is 5.73 Å². The minimum atomic E-state index is -5.52. The third-order valence-electron chi connectivity index (χ3n) is 7.11. The number of carbonyl (C=O) groups excluding carboxylic acids is 1. The minimum Gasteiger partial charge on any atom is -0.387 e. The molecule has 5 rings (SSSR count). The first-order valence-electron chi connectivity index (χ1n) is 13.5. The summed E-state index contributed by atoms with van der Waals surface area (Å²) in [4.78, 5) is 63.4. The molecule has 0 saturated carbocycles. The fraction of sp³-hybridized carbons (Fsp3) is 0.524. The van der Waals surface area contributed by atoms with Crippen molar-refractivity contribution in [3.05, 3.63) is 36.7 Å². The molecule has 0 bridgehead atoms. The first kappa shape index (κ1) is 36.5. The van der Waals surface area contributed by atoms with Gasteiger partial charge in [-0.3, -0.25) is 22.9 Å². The van der Waals surface area contributed by atoms with Gasteiger partial charge < -0.3 is 60.7 Å². The maximum atomic E-state index is 12.6. The monoisotopic (exact) mass is 745 g/mol. The zero-order valence-electron chi connectivity index (χ0n) is 24.1. The number of phosphoric acid groups is 3. The Labute approximate surface area is 268 Å². The van der Waals surface area contributed by atoms with Gasteiger partial charge in [-0.2, -0.15) is 4.31 Å². The number of aliphatic hydroxyl groups excluding tert-OH is 3. The molecule has 3 aliphatic heterocycles. The maximum Gasteiger partial charge on any atom is 0.481 e. The number of nitrogens with zero attached hydrogens (tertiary/aromatic N) is 5. The largest absolute Gasteiger partial charge is 0.481 e. The van der Waals surface area contributed by atoms with Crippen LogP contribution in [0.4, 0.5) is 5.82 Å². The second kappa shape index (κ2) is 13.9. The van der Waals surface area contributed by atoms with Gasteiger partial charge in [0.15, 0.2) is 23.9 Å². The van der Waals surface area contributed by atoms with Gasteiger partial charge in [0, 0.05) is 18.0 Å². The predicted octanol–water partition coefficient (Wildman–Crippen LogP) is -2.57. The van der Waals surface area contributed by atoms with Crippen LogP contribution in [0.25, 0.3) is 11.2 Å². The SMILES string of the molecule is NC(=O)C1=CN(C2O[C@H](COP(=O)(O)OP(=O)(O)OC[C@H]3O[C@@H](n4cnc5c(N)ncnc54)[C@H](OP(=O)(O)O)[C@@H]3O)C(O)C2O)C=CC1. The van der Waals surface area contributed by atoms with Crippen LogP contribution in [0.5, 0.6) is 0 Å². The molecule has 1 amide bonds. The molecule has 5 heterocycles. The molecular weight excluding hydrogens is 715 g/mol. The number of nitrogen functional groups attached to an aromatic ring is 1. The number of aliphatic hydroxyl groups is 3. The molecule has 266 valence electrons. The van der Waals surface area contributed by atoms with Crippen LogP contribution in [-0.2, 0) is 45.8 Å². The smallest absolute Gasteiger partial charge is 0.387 e. The van der Waals surface area contributed by atoms with E-state index >= 15 is 0 Å². The Morgan fingerprint density at radius 2 is 1.56 bits per heavy atom. The average Bonchev–Trinajstić information content (AvgIpc) is 3.64. The lowest BCUT2D eigenvalue weighted by molar-refractivity contribution is -0.115. The molecule has 0 aromatic carbocycles. The molecule has 10 atom stereocenters. The van der Waals surface area contributed by atoms with Gasteiger partial charge in [0.05, 0.1) is 19.5 Å². The van der Waals surface area contributed by atoms with Crippen molar-refractivity contribution in [3.8, 4) is 0 Å². The molecule has 5 unspecified atom stereocenters. The molecule has 2 aromatic heterocycles.